The monoisotopic (exact) mass is 437 g/mol. The number of fused-ring (bicyclic) bond motifs is 1. The SMILES string of the molecule is Cc1ccc(C)c(OCCCC(=O)Oc2ccc3cc(C(=O)NC(C)C)c(=O)oc3c2)c1. The minimum atomic E-state index is -0.747. The van der Waals surface area contributed by atoms with Crippen LogP contribution in [0, 0.1) is 13.8 Å². The van der Waals surface area contributed by atoms with Gasteiger partial charge in [-0.25, -0.2) is 4.79 Å². The molecule has 2 aromatic carbocycles. The molecule has 0 unspecified atom stereocenters. The average molecular weight is 437 g/mol. The number of nitrogens with one attached hydrogen (secondary N) is 1. The van der Waals surface area contributed by atoms with Gasteiger partial charge in [-0.2, -0.15) is 0 Å². The molecular weight excluding hydrogens is 410 g/mol. The largest absolute Gasteiger partial charge is 0.493 e. The second-order valence-corrected chi connectivity index (χ2v) is 7.97. The number of esters is 1. The molecule has 0 fully saturated rings. The first-order chi connectivity index (χ1) is 15.2. The first kappa shape index (κ1) is 23.1. The fourth-order valence-corrected chi connectivity index (χ4v) is 3.10. The van der Waals surface area contributed by atoms with E-state index in [-0.39, 0.29) is 29.4 Å². The van der Waals surface area contributed by atoms with E-state index in [1.165, 1.54) is 12.1 Å². The van der Waals surface area contributed by atoms with Crippen LogP contribution in [0.4, 0.5) is 0 Å². The number of benzene rings is 2. The minimum Gasteiger partial charge on any atom is -0.493 e. The fraction of sp³-hybridized carbons (Fsp3) is 0.320. The molecule has 1 aromatic heterocycles. The molecule has 7 nitrogen and oxygen atoms in total. The van der Waals surface area contributed by atoms with Crippen LogP contribution < -0.4 is 20.4 Å². The lowest BCUT2D eigenvalue weighted by molar-refractivity contribution is -0.134. The summed E-state index contributed by atoms with van der Waals surface area (Å²) < 4.78 is 16.4. The van der Waals surface area contributed by atoms with Gasteiger partial charge in [0.2, 0.25) is 0 Å². The molecule has 0 spiro atoms. The third-order valence-electron chi connectivity index (χ3n) is 4.73. The Morgan fingerprint density at radius 3 is 2.59 bits per heavy atom. The Bertz CT molecular complexity index is 1190. The molecule has 1 N–H and O–H groups in total. The number of hydrogen-bond donors (Lipinski definition) is 1. The highest BCUT2D eigenvalue weighted by Gasteiger charge is 2.15. The minimum absolute atomic E-state index is 0.0696. The normalized spacial score (nSPS) is 10.9. The Morgan fingerprint density at radius 2 is 1.84 bits per heavy atom. The van der Waals surface area contributed by atoms with Crippen LogP contribution in [0.3, 0.4) is 0 Å². The lowest BCUT2D eigenvalue weighted by Crippen LogP contribution is -2.33. The van der Waals surface area contributed by atoms with Crippen LogP contribution in [0.1, 0.15) is 48.2 Å². The van der Waals surface area contributed by atoms with Gasteiger partial charge in [-0.05, 0) is 69.5 Å². The second-order valence-electron chi connectivity index (χ2n) is 7.97. The van der Waals surface area contributed by atoms with E-state index in [2.05, 4.69) is 5.32 Å². The van der Waals surface area contributed by atoms with Gasteiger partial charge in [0.15, 0.2) is 0 Å². The smallest absolute Gasteiger partial charge is 0.349 e. The van der Waals surface area contributed by atoms with Crippen molar-refractivity contribution in [1.29, 1.82) is 0 Å². The van der Waals surface area contributed by atoms with Gasteiger partial charge in [-0.1, -0.05) is 12.1 Å². The van der Waals surface area contributed by atoms with Gasteiger partial charge >= 0.3 is 11.6 Å². The van der Waals surface area contributed by atoms with Crippen molar-refractivity contribution in [2.45, 2.75) is 46.6 Å². The molecule has 0 saturated heterocycles. The number of ether oxygens (including phenoxy) is 2. The third-order valence-corrected chi connectivity index (χ3v) is 4.73. The fourth-order valence-electron chi connectivity index (χ4n) is 3.10. The molecule has 3 rings (SSSR count). The van der Waals surface area contributed by atoms with E-state index in [1.807, 2.05) is 32.0 Å². The van der Waals surface area contributed by atoms with Gasteiger partial charge in [0.25, 0.3) is 5.91 Å². The molecule has 3 aromatic rings. The Balaban J connectivity index is 1.58. The van der Waals surface area contributed by atoms with Crippen molar-refractivity contribution < 1.29 is 23.5 Å². The molecule has 7 heteroatoms. The predicted molar refractivity (Wildman–Crippen MR) is 121 cm³/mol. The quantitative estimate of drug-likeness (QED) is 0.244. The van der Waals surface area contributed by atoms with E-state index in [4.69, 9.17) is 13.9 Å². The lowest BCUT2D eigenvalue weighted by Gasteiger charge is -2.10. The number of amides is 1. The van der Waals surface area contributed by atoms with E-state index >= 15 is 0 Å². The maximum Gasteiger partial charge on any atom is 0.349 e. The molecule has 1 amide bonds. The zero-order valence-electron chi connectivity index (χ0n) is 18.7. The van der Waals surface area contributed by atoms with Crippen molar-refractivity contribution >= 4 is 22.8 Å². The van der Waals surface area contributed by atoms with Crippen molar-refractivity contribution in [3.8, 4) is 11.5 Å². The summed E-state index contributed by atoms with van der Waals surface area (Å²) in [6, 6.07) is 12.0. The number of hydrogen-bond acceptors (Lipinski definition) is 6. The summed E-state index contributed by atoms with van der Waals surface area (Å²) in [7, 11) is 0. The third kappa shape index (κ3) is 5.97. The van der Waals surface area contributed by atoms with Crippen molar-refractivity contribution in [3.63, 3.8) is 0 Å². The lowest BCUT2D eigenvalue weighted by atomic mass is 10.1. The van der Waals surface area contributed by atoms with E-state index in [9.17, 15) is 14.4 Å². The van der Waals surface area contributed by atoms with Gasteiger partial charge in [0.1, 0.15) is 22.6 Å². The van der Waals surface area contributed by atoms with Crippen LogP contribution >= 0.6 is 0 Å². The molecule has 0 aliphatic heterocycles. The second kappa shape index (κ2) is 10.1. The van der Waals surface area contributed by atoms with Crippen LogP contribution in [0.5, 0.6) is 11.5 Å². The summed E-state index contributed by atoms with van der Waals surface area (Å²) in [4.78, 5) is 36.5. The van der Waals surface area contributed by atoms with Gasteiger partial charge < -0.3 is 19.2 Å². The molecule has 0 bridgehead atoms. The van der Waals surface area contributed by atoms with Gasteiger partial charge in [0.05, 0.1) is 6.61 Å². The molecule has 0 atom stereocenters. The van der Waals surface area contributed by atoms with Gasteiger partial charge in [-0.15, -0.1) is 0 Å². The number of rotatable bonds is 8. The topological polar surface area (TPSA) is 94.8 Å². The zero-order chi connectivity index (χ0) is 23.3. The van der Waals surface area contributed by atoms with Gasteiger partial charge in [0, 0.05) is 23.9 Å². The van der Waals surface area contributed by atoms with Crippen molar-refractivity contribution in [2.75, 3.05) is 6.61 Å². The molecule has 0 aliphatic carbocycles. The first-order valence-electron chi connectivity index (χ1n) is 10.5. The van der Waals surface area contributed by atoms with E-state index in [0.717, 1.165) is 16.9 Å². The molecule has 1 heterocycles. The summed E-state index contributed by atoms with van der Waals surface area (Å²) in [6.07, 6.45) is 0.685. The molecule has 0 aliphatic rings. The average Bonchev–Trinajstić information content (AvgIpc) is 2.72. The number of carbonyl (C=O) groups is 2. The van der Waals surface area contributed by atoms with Crippen LogP contribution in [0.25, 0.3) is 11.0 Å². The molecule has 168 valence electrons. The number of aryl methyl sites for hydroxylation is 2. The highest BCUT2D eigenvalue weighted by molar-refractivity contribution is 5.96. The van der Waals surface area contributed by atoms with Crippen molar-refractivity contribution in [2.24, 2.45) is 0 Å². The predicted octanol–water partition coefficient (Wildman–Crippen LogP) is 4.31. The van der Waals surface area contributed by atoms with Crippen LogP contribution in [-0.4, -0.2) is 24.5 Å². The van der Waals surface area contributed by atoms with Gasteiger partial charge in [-0.3, -0.25) is 9.59 Å². The Kier molecular flexibility index (Phi) is 7.30. The standard InChI is InChI=1S/C25H27NO6/c1-15(2)26-24(28)20-13-18-9-10-19(14-22(18)32-25(20)29)31-23(27)6-5-11-30-21-12-16(3)7-8-17(21)4/h7-10,12-15H,5-6,11H2,1-4H3,(H,26,28). The van der Waals surface area contributed by atoms with E-state index < -0.39 is 17.5 Å². The molecule has 0 radical (unpaired) electrons. The summed E-state index contributed by atoms with van der Waals surface area (Å²) in [5.41, 5.74) is 1.57. The summed E-state index contributed by atoms with van der Waals surface area (Å²) in [5, 5.41) is 3.22. The number of carbonyl (C=O) groups excluding carboxylic acids is 2. The Morgan fingerprint density at radius 1 is 1.06 bits per heavy atom. The maximum absolute atomic E-state index is 12.2. The van der Waals surface area contributed by atoms with Crippen LogP contribution in [-0.2, 0) is 4.79 Å². The van der Waals surface area contributed by atoms with Crippen LogP contribution in [0.2, 0.25) is 0 Å². The maximum atomic E-state index is 12.2. The Hall–Kier alpha value is -3.61. The van der Waals surface area contributed by atoms with E-state index in [1.54, 1.807) is 26.0 Å². The highest BCUT2D eigenvalue weighted by Crippen LogP contribution is 2.22. The summed E-state index contributed by atoms with van der Waals surface area (Å²) in [5.74, 6) is 0.170. The molecule has 32 heavy (non-hydrogen) atoms. The molecular formula is C25H27NO6. The highest BCUT2D eigenvalue weighted by atomic mass is 16.5. The summed E-state index contributed by atoms with van der Waals surface area (Å²) >= 11 is 0. The molecule has 0 saturated carbocycles. The first-order valence-corrected chi connectivity index (χ1v) is 10.5. The van der Waals surface area contributed by atoms with Crippen molar-refractivity contribution in [3.05, 3.63) is 69.6 Å². The van der Waals surface area contributed by atoms with E-state index in [0.29, 0.717) is 18.4 Å². The zero-order valence-corrected chi connectivity index (χ0v) is 18.7. The Labute approximate surface area is 186 Å². The summed E-state index contributed by atoms with van der Waals surface area (Å²) in [6.45, 7) is 7.97. The van der Waals surface area contributed by atoms with Crippen LogP contribution in [0.15, 0.2) is 51.7 Å². The van der Waals surface area contributed by atoms with Crippen molar-refractivity contribution in [1.82, 2.24) is 5.32 Å².